The zero-order valence-electron chi connectivity index (χ0n) is 20.7. The molecule has 4 aromatic rings. The van der Waals surface area contributed by atoms with Gasteiger partial charge in [-0.3, -0.25) is 9.29 Å². The van der Waals surface area contributed by atoms with Crippen LogP contribution in [0.25, 0.3) is 17.2 Å². The average Bonchev–Trinajstić information content (AvgIpc) is 3.31. The second-order valence-electron chi connectivity index (χ2n) is 8.04. The Hall–Kier alpha value is -4.13. The van der Waals surface area contributed by atoms with E-state index in [0.717, 1.165) is 18.1 Å². The van der Waals surface area contributed by atoms with Crippen molar-refractivity contribution < 1.29 is 22.3 Å². The van der Waals surface area contributed by atoms with Gasteiger partial charge < -0.3 is 9.47 Å². The predicted octanol–water partition coefficient (Wildman–Crippen LogP) is 3.21. The van der Waals surface area contributed by atoms with Gasteiger partial charge in [-0.25, -0.2) is 27.8 Å². The van der Waals surface area contributed by atoms with Crippen LogP contribution in [0, 0.1) is 5.82 Å². The number of halogens is 1. The van der Waals surface area contributed by atoms with Crippen LogP contribution in [-0.4, -0.2) is 57.6 Å². The second-order valence-corrected chi connectivity index (χ2v) is 10.1. The van der Waals surface area contributed by atoms with Crippen LogP contribution in [0.15, 0.2) is 48.8 Å². The van der Waals surface area contributed by atoms with Crippen LogP contribution >= 0.6 is 0 Å². The number of nitrogens with zero attached hydrogens (tertiary/aromatic N) is 6. The van der Waals surface area contributed by atoms with Crippen molar-refractivity contribution in [2.24, 2.45) is 0 Å². The SMILES string of the molecule is CCc1cccc(-c2nnc(NS(=O)(=O)[C@@H](C)Cc3ncc(F)cn3)n2-c2c(OC)cccc2OC)n1. The fourth-order valence-electron chi connectivity index (χ4n) is 3.62. The molecule has 11 nitrogen and oxygen atoms in total. The quantitative estimate of drug-likeness (QED) is 0.330. The molecule has 1 N–H and O–H groups in total. The Labute approximate surface area is 213 Å². The molecule has 0 fully saturated rings. The molecule has 0 saturated heterocycles. The molecule has 0 unspecified atom stereocenters. The Balaban J connectivity index is 1.82. The fourth-order valence-corrected chi connectivity index (χ4v) is 4.58. The van der Waals surface area contributed by atoms with Gasteiger partial charge in [0.05, 0.1) is 31.9 Å². The Morgan fingerprint density at radius 1 is 1.03 bits per heavy atom. The maximum absolute atomic E-state index is 13.3. The van der Waals surface area contributed by atoms with E-state index in [-0.39, 0.29) is 24.0 Å². The number of nitrogens with one attached hydrogen (secondary N) is 1. The largest absolute Gasteiger partial charge is 0.494 e. The first-order valence-corrected chi connectivity index (χ1v) is 12.9. The molecular weight excluding hydrogens is 501 g/mol. The van der Waals surface area contributed by atoms with Crippen LogP contribution in [0.3, 0.4) is 0 Å². The highest BCUT2D eigenvalue weighted by molar-refractivity contribution is 7.93. The van der Waals surface area contributed by atoms with Crippen molar-refractivity contribution in [3.05, 3.63) is 66.1 Å². The van der Waals surface area contributed by atoms with E-state index < -0.39 is 21.1 Å². The molecule has 4 rings (SSSR count). The minimum absolute atomic E-state index is 0.0469. The summed E-state index contributed by atoms with van der Waals surface area (Å²) in [6, 6.07) is 10.7. The highest BCUT2D eigenvalue weighted by Gasteiger charge is 2.29. The Morgan fingerprint density at radius 3 is 2.30 bits per heavy atom. The number of aromatic nitrogens is 6. The first kappa shape index (κ1) is 25.9. The van der Waals surface area contributed by atoms with Gasteiger partial charge in [-0.2, -0.15) is 0 Å². The molecule has 0 aliphatic rings. The molecule has 3 aromatic heterocycles. The van der Waals surface area contributed by atoms with Gasteiger partial charge >= 0.3 is 0 Å². The van der Waals surface area contributed by atoms with Crippen LogP contribution in [-0.2, 0) is 22.9 Å². The lowest BCUT2D eigenvalue weighted by atomic mass is 10.2. The van der Waals surface area contributed by atoms with Gasteiger partial charge in [0.2, 0.25) is 16.0 Å². The molecule has 194 valence electrons. The molecule has 0 amide bonds. The molecule has 0 spiro atoms. The first-order chi connectivity index (χ1) is 17.8. The summed E-state index contributed by atoms with van der Waals surface area (Å²) in [5.41, 5.74) is 1.70. The van der Waals surface area contributed by atoms with Gasteiger partial charge in [0.1, 0.15) is 28.7 Å². The van der Waals surface area contributed by atoms with Gasteiger partial charge in [0.15, 0.2) is 11.6 Å². The molecule has 0 aliphatic carbocycles. The van der Waals surface area contributed by atoms with Gasteiger partial charge in [-0.1, -0.05) is 19.1 Å². The van der Waals surface area contributed by atoms with Crippen molar-refractivity contribution >= 4 is 16.0 Å². The van der Waals surface area contributed by atoms with E-state index in [1.807, 2.05) is 19.1 Å². The Kier molecular flexibility index (Phi) is 7.62. The van der Waals surface area contributed by atoms with E-state index in [0.29, 0.717) is 29.3 Å². The molecule has 0 radical (unpaired) electrons. The highest BCUT2D eigenvalue weighted by atomic mass is 32.2. The summed E-state index contributed by atoms with van der Waals surface area (Å²) >= 11 is 0. The zero-order valence-corrected chi connectivity index (χ0v) is 21.5. The monoisotopic (exact) mass is 527 g/mol. The van der Waals surface area contributed by atoms with E-state index in [1.54, 1.807) is 24.3 Å². The van der Waals surface area contributed by atoms with Crippen LogP contribution in [0.4, 0.5) is 10.3 Å². The lowest BCUT2D eigenvalue weighted by molar-refractivity contribution is 0.391. The minimum Gasteiger partial charge on any atom is -0.494 e. The number of anilines is 1. The van der Waals surface area contributed by atoms with E-state index in [1.165, 1.54) is 25.7 Å². The topological polar surface area (TPSA) is 134 Å². The van der Waals surface area contributed by atoms with Crippen LogP contribution in [0.5, 0.6) is 11.5 Å². The zero-order chi connectivity index (χ0) is 26.6. The van der Waals surface area contributed by atoms with E-state index >= 15 is 0 Å². The molecule has 0 bridgehead atoms. The van der Waals surface area contributed by atoms with Gasteiger partial charge in [-0.05, 0) is 37.6 Å². The van der Waals surface area contributed by atoms with E-state index in [4.69, 9.17) is 9.47 Å². The number of para-hydroxylation sites is 1. The maximum atomic E-state index is 13.3. The lowest BCUT2D eigenvalue weighted by Crippen LogP contribution is -2.29. The maximum Gasteiger partial charge on any atom is 0.243 e. The van der Waals surface area contributed by atoms with Crippen molar-refractivity contribution in [1.29, 1.82) is 0 Å². The smallest absolute Gasteiger partial charge is 0.243 e. The van der Waals surface area contributed by atoms with Gasteiger partial charge in [0, 0.05) is 12.1 Å². The summed E-state index contributed by atoms with van der Waals surface area (Å²) in [5, 5.41) is 7.45. The molecule has 1 aromatic carbocycles. The third kappa shape index (κ3) is 5.50. The summed E-state index contributed by atoms with van der Waals surface area (Å²) in [4.78, 5) is 12.4. The van der Waals surface area contributed by atoms with Crippen LogP contribution < -0.4 is 14.2 Å². The Bertz CT molecular complexity index is 1470. The normalized spacial score (nSPS) is 12.2. The van der Waals surface area contributed by atoms with Crippen molar-refractivity contribution in [2.75, 3.05) is 18.9 Å². The molecule has 13 heteroatoms. The second kappa shape index (κ2) is 10.9. The number of pyridine rings is 1. The number of methoxy groups -OCH3 is 2. The molecule has 1 atom stereocenters. The number of benzene rings is 1. The number of aryl methyl sites for hydroxylation is 1. The van der Waals surface area contributed by atoms with Crippen LogP contribution in [0.2, 0.25) is 0 Å². The number of ether oxygens (including phenoxy) is 2. The van der Waals surface area contributed by atoms with Gasteiger partial charge in [-0.15, -0.1) is 10.2 Å². The van der Waals surface area contributed by atoms with Gasteiger partial charge in [0.25, 0.3) is 0 Å². The van der Waals surface area contributed by atoms with Crippen molar-refractivity contribution in [1.82, 2.24) is 29.7 Å². The number of rotatable bonds is 10. The van der Waals surface area contributed by atoms with E-state index in [9.17, 15) is 12.8 Å². The third-order valence-corrected chi connectivity index (χ3v) is 7.29. The highest BCUT2D eigenvalue weighted by Crippen LogP contribution is 2.37. The van der Waals surface area contributed by atoms with Crippen LogP contribution in [0.1, 0.15) is 25.4 Å². The summed E-state index contributed by atoms with van der Waals surface area (Å²) in [5.74, 6) is 0.581. The van der Waals surface area contributed by atoms with Crippen molar-refractivity contribution in [2.45, 2.75) is 31.9 Å². The molecule has 0 aliphatic heterocycles. The summed E-state index contributed by atoms with van der Waals surface area (Å²) in [7, 11) is -1.04. The van der Waals surface area contributed by atoms with E-state index in [2.05, 4.69) is 29.9 Å². The molecular formula is C24H26FN7O4S. The first-order valence-electron chi connectivity index (χ1n) is 11.4. The standard InChI is InChI=1S/C24H26FN7O4S/c1-5-17-8-6-9-18(28-17)23-29-30-24(32(23)22-19(35-3)10-7-11-20(22)36-4)31-37(33,34)15(2)12-21-26-13-16(25)14-27-21/h6-11,13-15H,5,12H2,1-4H3,(H,30,31)/t15-/m0/s1. The van der Waals surface area contributed by atoms with Crippen molar-refractivity contribution in [3.8, 4) is 28.7 Å². The lowest BCUT2D eigenvalue weighted by Gasteiger charge is -2.19. The molecule has 0 saturated carbocycles. The molecule has 37 heavy (non-hydrogen) atoms. The molecule has 3 heterocycles. The average molecular weight is 528 g/mol. The summed E-state index contributed by atoms with van der Waals surface area (Å²) in [6.45, 7) is 3.47. The number of sulfonamides is 1. The third-order valence-electron chi connectivity index (χ3n) is 5.59. The number of hydrogen-bond donors (Lipinski definition) is 1. The Morgan fingerprint density at radius 2 is 1.68 bits per heavy atom. The minimum atomic E-state index is -4.02. The number of hydrogen-bond acceptors (Lipinski definition) is 9. The summed E-state index contributed by atoms with van der Waals surface area (Å²) in [6.07, 6.45) is 2.63. The van der Waals surface area contributed by atoms with Crippen molar-refractivity contribution in [3.63, 3.8) is 0 Å². The summed E-state index contributed by atoms with van der Waals surface area (Å²) < 4.78 is 54.9. The fraction of sp³-hybridized carbons (Fsp3) is 0.292. The predicted molar refractivity (Wildman–Crippen MR) is 135 cm³/mol.